The third kappa shape index (κ3) is 4.27. The molecule has 1 aromatic heterocycles. The Balaban J connectivity index is 1.51. The van der Waals surface area contributed by atoms with Crippen molar-refractivity contribution in [1.29, 1.82) is 0 Å². The monoisotopic (exact) mass is 389 g/mol. The van der Waals surface area contributed by atoms with Gasteiger partial charge >= 0.3 is 0 Å². The Kier molecular flexibility index (Phi) is 5.33. The summed E-state index contributed by atoms with van der Waals surface area (Å²) in [6.45, 7) is 2.15. The number of hydrogen-bond donors (Lipinski definition) is 1. The summed E-state index contributed by atoms with van der Waals surface area (Å²) in [5.74, 6) is 0.813. The molecule has 27 heavy (non-hydrogen) atoms. The van der Waals surface area contributed by atoms with Crippen molar-refractivity contribution < 1.29 is 18.6 Å². The number of rotatable bonds is 5. The van der Waals surface area contributed by atoms with Gasteiger partial charge in [0.1, 0.15) is 36.4 Å². The number of nitrogens with one attached hydrogen (secondary N) is 1. The maximum atomic E-state index is 13.3. The van der Waals surface area contributed by atoms with E-state index < -0.39 is 5.82 Å². The molecule has 1 fully saturated rings. The Hall–Kier alpha value is -2.48. The summed E-state index contributed by atoms with van der Waals surface area (Å²) in [6.07, 6.45) is 1.39. The number of hydrogen-bond acceptors (Lipinski definition) is 6. The zero-order valence-corrected chi connectivity index (χ0v) is 15.1. The quantitative estimate of drug-likeness (QED) is 0.712. The molecule has 1 aliphatic heterocycles. The van der Waals surface area contributed by atoms with Crippen LogP contribution in [0, 0.1) is 5.82 Å². The summed E-state index contributed by atoms with van der Waals surface area (Å²) in [5.41, 5.74) is 1.36. The molecule has 4 rings (SSSR count). The lowest BCUT2D eigenvalue weighted by Gasteiger charge is -2.23. The Labute approximate surface area is 160 Å². The Morgan fingerprint density at radius 3 is 2.93 bits per heavy atom. The van der Waals surface area contributed by atoms with E-state index in [2.05, 4.69) is 15.3 Å². The van der Waals surface area contributed by atoms with Gasteiger partial charge in [-0.3, -0.25) is 0 Å². The standard InChI is InChI=1S/C19H17ClFN3O3/c20-16-7-12(1-4-17(16)21)24-19-15-3-2-13(8-18(15)22-11-23-19)27-10-14-9-25-5-6-26-14/h1-4,7-8,11,14H,5-6,9-10H2,(H,22,23,24)/t14-/m1/s1. The van der Waals surface area contributed by atoms with Gasteiger partial charge in [0.05, 0.1) is 30.4 Å². The molecule has 140 valence electrons. The van der Waals surface area contributed by atoms with Crippen molar-refractivity contribution in [2.75, 3.05) is 31.7 Å². The zero-order valence-electron chi connectivity index (χ0n) is 14.3. The number of halogens is 2. The molecule has 6 nitrogen and oxygen atoms in total. The summed E-state index contributed by atoms with van der Waals surface area (Å²) in [4.78, 5) is 8.56. The van der Waals surface area contributed by atoms with Crippen LogP contribution in [-0.4, -0.2) is 42.5 Å². The van der Waals surface area contributed by atoms with Gasteiger partial charge in [-0.1, -0.05) is 11.6 Å². The second-order valence-electron chi connectivity index (χ2n) is 6.03. The predicted molar refractivity (Wildman–Crippen MR) is 100 cm³/mol. The van der Waals surface area contributed by atoms with Gasteiger partial charge in [0, 0.05) is 17.1 Å². The van der Waals surface area contributed by atoms with Gasteiger partial charge in [-0.2, -0.15) is 0 Å². The molecule has 8 heteroatoms. The Bertz CT molecular complexity index is 951. The van der Waals surface area contributed by atoms with E-state index in [1.54, 1.807) is 6.07 Å². The van der Waals surface area contributed by atoms with E-state index in [9.17, 15) is 4.39 Å². The van der Waals surface area contributed by atoms with E-state index in [0.29, 0.717) is 43.7 Å². The topological polar surface area (TPSA) is 65.5 Å². The fourth-order valence-corrected chi connectivity index (χ4v) is 2.94. The highest BCUT2D eigenvalue weighted by Crippen LogP contribution is 2.28. The van der Waals surface area contributed by atoms with Crippen LogP contribution >= 0.6 is 11.6 Å². The lowest BCUT2D eigenvalue weighted by molar-refractivity contribution is -0.101. The fourth-order valence-electron chi connectivity index (χ4n) is 2.76. The van der Waals surface area contributed by atoms with Gasteiger partial charge in [-0.15, -0.1) is 0 Å². The zero-order chi connectivity index (χ0) is 18.6. The molecular weight excluding hydrogens is 373 g/mol. The molecule has 0 radical (unpaired) electrons. The van der Waals surface area contributed by atoms with Crippen molar-refractivity contribution in [3.63, 3.8) is 0 Å². The minimum atomic E-state index is -0.469. The molecule has 1 saturated heterocycles. The first kappa shape index (κ1) is 17.9. The third-order valence-corrected chi connectivity index (χ3v) is 4.40. The van der Waals surface area contributed by atoms with Crippen molar-refractivity contribution in [3.8, 4) is 5.75 Å². The van der Waals surface area contributed by atoms with Crippen LogP contribution in [0.1, 0.15) is 0 Å². The molecule has 0 saturated carbocycles. The molecule has 0 bridgehead atoms. The average Bonchev–Trinajstić information content (AvgIpc) is 2.70. The maximum Gasteiger partial charge on any atom is 0.141 e. The number of fused-ring (bicyclic) bond motifs is 1. The number of anilines is 2. The van der Waals surface area contributed by atoms with Gasteiger partial charge in [0.15, 0.2) is 0 Å². The van der Waals surface area contributed by atoms with Gasteiger partial charge in [-0.05, 0) is 30.3 Å². The second kappa shape index (κ2) is 8.04. The molecule has 0 aliphatic carbocycles. The van der Waals surface area contributed by atoms with Gasteiger partial charge in [-0.25, -0.2) is 14.4 Å². The first-order valence-electron chi connectivity index (χ1n) is 8.48. The van der Waals surface area contributed by atoms with Crippen LogP contribution < -0.4 is 10.1 Å². The average molecular weight is 390 g/mol. The number of ether oxygens (including phenoxy) is 3. The van der Waals surface area contributed by atoms with Gasteiger partial charge < -0.3 is 19.5 Å². The molecule has 3 aromatic rings. The smallest absolute Gasteiger partial charge is 0.141 e. The van der Waals surface area contributed by atoms with Crippen LogP contribution in [0.15, 0.2) is 42.7 Å². The lowest BCUT2D eigenvalue weighted by Crippen LogP contribution is -2.33. The lowest BCUT2D eigenvalue weighted by atomic mass is 10.2. The van der Waals surface area contributed by atoms with Crippen molar-refractivity contribution >= 4 is 34.0 Å². The molecular formula is C19H17ClFN3O3. The van der Waals surface area contributed by atoms with E-state index in [1.807, 2.05) is 18.2 Å². The van der Waals surface area contributed by atoms with E-state index in [4.69, 9.17) is 25.8 Å². The summed E-state index contributed by atoms with van der Waals surface area (Å²) in [5, 5.41) is 3.99. The predicted octanol–water partition coefficient (Wildman–Crippen LogP) is 3.96. The highest BCUT2D eigenvalue weighted by molar-refractivity contribution is 6.31. The van der Waals surface area contributed by atoms with Crippen LogP contribution in [0.5, 0.6) is 5.75 Å². The first-order valence-corrected chi connectivity index (χ1v) is 8.86. The second-order valence-corrected chi connectivity index (χ2v) is 6.44. The van der Waals surface area contributed by atoms with Crippen LogP contribution in [-0.2, 0) is 9.47 Å². The molecule has 0 amide bonds. The number of aromatic nitrogens is 2. The molecule has 0 spiro atoms. The van der Waals surface area contributed by atoms with Gasteiger partial charge in [0.2, 0.25) is 0 Å². The van der Waals surface area contributed by atoms with E-state index in [-0.39, 0.29) is 11.1 Å². The van der Waals surface area contributed by atoms with Crippen LogP contribution in [0.2, 0.25) is 5.02 Å². The Morgan fingerprint density at radius 1 is 1.19 bits per heavy atom. The summed E-state index contributed by atoms with van der Waals surface area (Å²) >= 11 is 5.83. The highest BCUT2D eigenvalue weighted by Gasteiger charge is 2.15. The van der Waals surface area contributed by atoms with Gasteiger partial charge in [0.25, 0.3) is 0 Å². The SMILES string of the molecule is Fc1ccc(Nc2ncnc3cc(OC[C@H]4COCCO4)ccc23)cc1Cl. The van der Waals surface area contributed by atoms with Crippen LogP contribution in [0.25, 0.3) is 10.9 Å². The normalized spacial score (nSPS) is 17.0. The Morgan fingerprint density at radius 2 is 2.11 bits per heavy atom. The van der Waals surface area contributed by atoms with Crippen LogP contribution in [0.3, 0.4) is 0 Å². The maximum absolute atomic E-state index is 13.3. The highest BCUT2D eigenvalue weighted by atomic mass is 35.5. The van der Waals surface area contributed by atoms with Crippen LogP contribution in [0.4, 0.5) is 15.9 Å². The van der Waals surface area contributed by atoms with E-state index >= 15 is 0 Å². The van der Waals surface area contributed by atoms with Crippen molar-refractivity contribution in [1.82, 2.24) is 9.97 Å². The third-order valence-electron chi connectivity index (χ3n) is 4.11. The molecule has 0 unspecified atom stereocenters. The molecule has 2 heterocycles. The molecule has 1 N–H and O–H groups in total. The van der Waals surface area contributed by atoms with Crippen molar-refractivity contribution in [3.05, 3.63) is 53.6 Å². The van der Waals surface area contributed by atoms with E-state index in [1.165, 1.54) is 18.5 Å². The molecule has 2 aromatic carbocycles. The summed E-state index contributed by atoms with van der Waals surface area (Å²) in [7, 11) is 0. The first-order chi connectivity index (χ1) is 13.2. The number of benzene rings is 2. The van der Waals surface area contributed by atoms with E-state index in [0.717, 1.165) is 10.9 Å². The number of nitrogens with zero attached hydrogens (tertiary/aromatic N) is 2. The molecule has 1 aliphatic rings. The van der Waals surface area contributed by atoms with Crippen molar-refractivity contribution in [2.24, 2.45) is 0 Å². The fraction of sp³-hybridized carbons (Fsp3) is 0.263. The summed E-state index contributed by atoms with van der Waals surface area (Å²) in [6, 6.07) is 9.96. The minimum Gasteiger partial charge on any atom is -0.491 e. The summed E-state index contributed by atoms with van der Waals surface area (Å²) < 4.78 is 30.1. The largest absolute Gasteiger partial charge is 0.491 e. The minimum absolute atomic E-state index is 0.0444. The van der Waals surface area contributed by atoms with Crippen molar-refractivity contribution in [2.45, 2.75) is 6.10 Å². The molecule has 1 atom stereocenters.